The summed E-state index contributed by atoms with van der Waals surface area (Å²) in [4.78, 5) is 5.50. The molecule has 0 radical (unpaired) electrons. The van der Waals surface area contributed by atoms with Gasteiger partial charge < -0.3 is 4.74 Å². The van der Waals surface area contributed by atoms with Gasteiger partial charge in [-0.2, -0.15) is 0 Å². The summed E-state index contributed by atoms with van der Waals surface area (Å²) >= 11 is 1.75. The lowest BCUT2D eigenvalue weighted by Gasteiger charge is -1.95. The summed E-state index contributed by atoms with van der Waals surface area (Å²) in [5.74, 6) is 0. The van der Waals surface area contributed by atoms with Crippen LogP contribution in [-0.2, 0) is 11.2 Å². The molecular weight excluding hydrogens is 158 g/mol. The number of aryl methyl sites for hydroxylation is 1. The lowest BCUT2D eigenvalue weighted by molar-refractivity contribution is 0.151. The van der Waals surface area contributed by atoms with Crippen LogP contribution >= 0.6 is 11.3 Å². The lowest BCUT2D eigenvalue weighted by atomic mass is 10.5. The fourth-order valence-electron chi connectivity index (χ4n) is 0.821. The molecule has 0 atom stereocenters. The van der Waals surface area contributed by atoms with Crippen molar-refractivity contribution in [1.82, 2.24) is 4.98 Å². The molecule has 1 aromatic rings. The van der Waals surface area contributed by atoms with Gasteiger partial charge in [0.05, 0.1) is 11.6 Å². The van der Waals surface area contributed by atoms with Crippen molar-refractivity contribution in [2.24, 2.45) is 0 Å². The van der Waals surface area contributed by atoms with Gasteiger partial charge in [-0.15, -0.1) is 11.3 Å². The number of hydrogen-bond donors (Lipinski definition) is 0. The average Bonchev–Trinajstić information content (AvgIpc) is 2.37. The van der Waals surface area contributed by atoms with Crippen molar-refractivity contribution >= 4 is 11.3 Å². The summed E-state index contributed by atoms with van der Waals surface area (Å²) in [6.07, 6.45) is 2.86. The third-order valence-corrected chi connectivity index (χ3v) is 2.31. The van der Waals surface area contributed by atoms with E-state index in [4.69, 9.17) is 4.74 Å². The molecule has 1 heterocycles. The van der Waals surface area contributed by atoms with Crippen LogP contribution in [0.1, 0.15) is 16.8 Å². The Morgan fingerprint density at radius 1 is 1.64 bits per heavy atom. The van der Waals surface area contributed by atoms with E-state index in [2.05, 4.69) is 11.9 Å². The van der Waals surface area contributed by atoms with E-state index in [1.807, 2.05) is 13.1 Å². The van der Waals surface area contributed by atoms with E-state index in [-0.39, 0.29) is 0 Å². The van der Waals surface area contributed by atoms with Crippen LogP contribution in [0.2, 0.25) is 0 Å². The summed E-state index contributed by atoms with van der Waals surface area (Å²) in [7, 11) is 0. The van der Waals surface area contributed by atoms with Crippen LogP contribution < -0.4 is 0 Å². The van der Waals surface area contributed by atoms with Gasteiger partial charge in [0.25, 0.3) is 0 Å². The molecule has 2 nitrogen and oxygen atoms in total. The fourth-order valence-corrected chi connectivity index (χ4v) is 1.59. The molecule has 0 saturated carbocycles. The van der Waals surface area contributed by atoms with Crippen molar-refractivity contribution in [2.75, 3.05) is 13.2 Å². The number of nitrogens with zero attached hydrogens (tertiary/aromatic N) is 1. The van der Waals surface area contributed by atoms with Crippen LogP contribution in [0.25, 0.3) is 0 Å². The van der Waals surface area contributed by atoms with Crippen molar-refractivity contribution in [3.05, 3.63) is 16.1 Å². The highest BCUT2D eigenvalue weighted by atomic mass is 32.1. The van der Waals surface area contributed by atoms with Crippen molar-refractivity contribution in [2.45, 2.75) is 20.3 Å². The number of ether oxygens (including phenoxy) is 1. The van der Waals surface area contributed by atoms with Crippen LogP contribution in [0.4, 0.5) is 0 Å². The standard InChI is InChI=1S/C8H13NOS/c1-3-10-5-4-8-9-6-7(2)11-8/h6H,3-5H2,1-2H3. The topological polar surface area (TPSA) is 22.1 Å². The van der Waals surface area contributed by atoms with Crippen LogP contribution in [0.3, 0.4) is 0 Å². The highest BCUT2D eigenvalue weighted by molar-refractivity contribution is 7.11. The predicted molar refractivity (Wildman–Crippen MR) is 47.0 cm³/mol. The number of aromatic nitrogens is 1. The van der Waals surface area contributed by atoms with Gasteiger partial charge in [-0.3, -0.25) is 0 Å². The van der Waals surface area contributed by atoms with Gasteiger partial charge in [0.2, 0.25) is 0 Å². The molecule has 0 spiro atoms. The molecule has 0 fully saturated rings. The molecule has 11 heavy (non-hydrogen) atoms. The van der Waals surface area contributed by atoms with E-state index < -0.39 is 0 Å². The van der Waals surface area contributed by atoms with Gasteiger partial charge in [0.15, 0.2) is 0 Å². The summed E-state index contributed by atoms with van der Waals surface area (Å²) in [5.41, 5.74) is 0. The number of rotatable bonds is 4. The Morgan fingerprint density at radius 2 is 2.45 bits per heavy atom. The fraction of sp³-hybridized carbons (Fsp3) is 0.625. The zero-order chi connectivity index (χ0) is 8.10. The Kier molecular flexibility index (Phi) is 3.52. The Labute approximate surface area is 71.2 Å². The van der Waals surface area contributed by atoms with Gasteiger partial charge in [-0.1, -0.05) is 0 Å². The van der Waals surface area contributed by atoms with E-state index in [9.17, 15) is 0 Å². The molecule has 0 bridgehead atoms. The first-order valence-electron chi connectivity index (χ1n) is 3.82. The van der Waals surface area contributed by atoms with Gasteiger partial charge >= 0.3 is 0 Å². The molecule has 0 aliphatic heterocycles. The molecule has 0 N–H and O–H groups in total. The van der Waals surface area contributed by atoms with Crippen molar-refractivity contribution < 1.29 is 4.74 Å². The minimum Gasteiger partial charge on any atom is -0.381 e. The summed E-state index contributed by atoms with van der Waals surface area (Å²) in [5, 5.41) is 1.18. The van der Waals surface area contributed by atoms with E-state index in [1.54, 1.807) is 11.3 Å². The quantitative estimate of drug-likeness (QED) is 0.647. The number of hydrogen-bond acceptors (Lipinski definition) is 3. The molecule has 62 valence electrons. The van der Waals surface area contributed by atoms with E-state index >= 15 is 0 Å². The SMILES string of the molecule is CCOCCc1ncc(C)s1. The Morgan fingerprint density at radius 3 is 3.00 bits per heavy atom. The summed E-state index contributed by atoms with van der Waals surface area (Å²) < 4.78 is 5.21. The van der Waals surface area contributed by atoms with Crippen molar-refractivity contribution in [3.63, 3.8) is 0 Å². The molecule has 0 aliphatic carbocycles. The Balaban J connectivity index is 2.27. The second-order valence-electron chi connectivity index (χ2n) is 2.31. The summed E-state index contributed by atoms with van der Waals surface area (Å²) in [6.45, 7) is 5.67. The predicted octanol–water partition coefficient (Wildman–Crippen LogP) is 2.03. The average molecular weight is 171 g/mol. The molecule has 0 aromatic carbocycles. The zero-order valence-corrected chi connectivity index (χ0v) is 7.78. The molecule has 0 aliphatic rings. The highest BCUT2D eigenvalue weighted by Gasteiger charge is 1.96. The zero-order valence-electron chi connectivity index (χ0n) is 6.96. The minimum absolute atomic E-state index is 0.795. The van der Waals surface area contributed by atoms with Crippen LogP contribution in [0, 0.1) is 6.92 Å². The third-order valence-electron chi connectivity index (χ3n) is 1.33. The monoisotopic (exact) mass is 171 g/mol. The first kappa shape index (κ1) is 8.68. The molecule has 0 amide bonds. The van der Waals surface area contributed by atoms with E-state index in [0.29, 0.717) is 0 Å². The Hall–Kier alpha value is -0.410. The maximum Gasteiger partial charge on any atom is 0.0950 e. The molecular formula is C8H13NOS. The molecule has 0 saturated heterocycles. The normalized spacial score (nSPS) is 10.4. The Bertz CT molecular complexity index is 210. The second-order valence-corrected chi connectivity index (χ2v) is 3.63. The molecule has 3 heteroatoms. The first-order chi connectivity index (χ1) is 5.33. The number of thiazole rings is 1. The molecule has 0 unspecified atom stereocenters. The maximum atomic E-state index is 5.21. The maximum absolute atomic E-state index is 5.21. The smallest absolute Gasteiger partial charge is 0.0950 e. The van der Waals surface area contributed by atoms with Gasteiger partial charge in [0, 0.05) is 24.1 Å². The highest BCUT2D eigenvalue weighted by Crippen LogP contribution is 2.11. The lowest BCUT2D eigenvalue weighted by Crippen LogP contribution is -1.96. The second kappa shape index (κ2) is 4.46. The molecule has 1 rings (SSSR count). The van der Waals surface area contributed by atoms with Gasteiger partial charge in [0.1, 0.15) is 0 Å². The van der Waals surface area contributed by atoms with Gasteiger partial charge in [-0.05, 0) is 13.8 Å². The summed E-state index contributed by atoms with van der Waals surface area (Å²) in [6, 6.07) is 0. The van der Waals surface area contributed by atoms with Gasteiger partial charge in [-0.25, -0.2) is 4.98 Å². The van der Waals surface area contributed by atoms with Crippen LogP contribution in [-0.4, -0.2) is 18.2 Å². The first-order valence-corrected chi connectivity index (χ1v) is 4.63. The van der Waals surface area contributed by atoms with Crippen LogP contribution in [0.5, 0.6) is 0 Å². The largest absolute Gasteiger partial charge is 0.381 e. The van der Waals surface area contributed by atoms with E-state index in [1.165, 1.54) is 9.88 Å². The van der Waals surface area contributed by atoms with Crippen molar-refractivity contribution in [3.8, 4) is 0 Å². The minimum atomic E-state index is 0.795. The third kappa shape index (κ3) is 2.99. The molecule has 1 aromatic heterocycles. The van der Waals surface area contributed by atoms with E-state index in [0.717, 1.165) is 19.6 Å². The van der Waals surface area contributed by atoms with Crippen LogP contribution in [0.15, 0.2) is 6.20 Å². The van der Waals surface area contributed by atoms with Crippen molar-refractivity contribution in [1.29, 1.82) is 0 Å².